The second-order valence-corrected chi connectivity index (χ2v) is 2.98. The Hall–Kier alpha value is -1.11. The van der Waals surface area contributed by atoms with E-state index in [1.54, 1.807) is 0 Å². The van der Waals surface area contributed by atoms with Gasteiger partial charge >= 0.3 is 0 Å². The SMILES string of the molecule is FCCC1C=Cc2[c]cccc21. The van der Waals surface area contributed by atoms with Gasteiger partial charge in [-0.25, -0.2) is 0 Å². The number of fused-ring (bicyclic) bond motifs is 1. The Balaban J connectivity index is 2.30. The second-order valence-electron chi connectivity index (χ2n) is 2.98. The molecule has 1 aromatic carbocycles. The number of hydrogen-bond donors (Lipinski definition) is 0. The zero-order valence-electron chi connectivity index (χ0n) is 6.76. The first kappa shape index (κ1) is 7.53. The van der Waals surface area contributed by atoms with E-state index in [2.05, 4.69) is 12.1 Å². The molecule has 61 valence electrons. The molecule has 1 aliphatic rings. The van der Waals surface area contributed by atoms with E-state index in [1.165, 1.54) is 5.56 Å². The molecule has 0 aromatic heterocycles. The Labute approximate surface area is 71.7 Å². The van der Waals surface area contributed by atoms with Crippen LogP contribution in [0.5, 0.6) is 0 Å². The molecule has 0 aliphatic heterocycles. The Bertz CT molecular complexity index is 302. The molecule has 0 saturated carbocycles. The summed E-state index contributed by atoms with van der Waals surface area (Å²) >= 11 is 0. The predicted molar refractivity (Wildman–Crippen MR) is 47.6 cm³/mol. The first-order chi connectivity index (χ1) is 5.92. The van der Waals surface area contributed by atoms with Crippen molar-refractivity contribution in [2.75, 3.05) is 6.67 Å². The quantitative estimate of drug-likeness (QED) is 0.625. The summed E-state index contributed by atoms with van der Waals surface area (Å²) in [7, 11) is 0. The average molecular weight is 161 g/mol. The molecule has 1 atom stereocenters. The molecule has 0 heterocycles. The molecule has 1 aliphatic carbocycles. The Kier molecular flexibility index (Phi) is 1.94. The van der Waals surface area contributed by atoms with Crippen LogP contribution >= 0.6 is 0 Å². The van der Waals surface area contributed by atoms with Crippen LogP contribution in [0, 0.1) is 6.07 Å². The van der Waals surface area contributed by atoms with Gasteiger partial charge in [0.25, 0.3) is 0 Å². The van der Waals surface area contributed by atoms with Gasteiger partial charge in [-0.1, -0.05) is 30.4 Å². The van der Waals surface area contributed by atoms with Crippen LogP contribution in [0.15, 0.2) is 24.3 Å². The van der Waals surface area contributed by atoms with E-state index in [0.717, 1.165) is 5.56 Å². The van der Waals surface area contributed by atoms with Crippen molar-refractivity contribution in [3.05, 3.63) is 41.5 Å². The largest absolute Gasteiger partial charge is 0.251 e. The summed E-state index contributed by atoms with van der Waals surface area (Å²) in [5.74, 6) is 0.280. The fraction of sp³-hybridized carbons (Fsp3) is 0.273. The maximum absolute atomic E-state index is 12.1. The standard InChI is InChI=1S/C11H10F/c12-8-7-10-6-5-9-3-1-2-4-11(9)10/h1-2,4-6,10H,7-8H2. The third kappa shape index (κ3) is 1.15. The molecule has 2 rings (SSSR count). The number of allylic oxidation sites excluding steroid dienone is 1. The van der Waals surface area contributed by atoms with Crippen LogP contribution in [0.4, 0.5) is 4.39 Å². The lowest BCUT2D eigenvalue weighted by atomic mass is 9.98. The summed E-state index contributed by atoms with van der Waals surface area (Å²) in [6.45, 7) is -0.247. The highest BCUT2D eigenvalue weighted by molar-refractivity contribution is 5.61. The Morgan fingerprint density at radius 3 is 3.25 bits per heavy atom. The zero-order chi connectivity index (χ0) is 8.39. The molecule has 0 nitrogen and oxygen atoms in total. The van der Waals surface area contributed by atoms with Crippen molar-refractivity contribution < 1.29 is 4.39 Å². The van der Waals surface area contributed by atoms with E-state index >= 15 is 0 Å². The molecule has 0 amide bonds. The molecule has 12 heavy (non-hydrogen) atoms. The van der Waals surface area contributed by atoms with E-state index < -0.39 is 0 Å². The summed E-state index contributed by atoms with van der Waals surface area (Å²) in [5.41, 5.74) is 2.34. The first-order valence-electron chi connectivity index (χ1n) is 4.16. The fourth-order valence-corrected chi connectivity index (χ4v) is 1.62. The maximum atomic E-state index is 12.1. The average Bonchev–Trinajstić information content (AvgIpc) is 2.50. The van der Waals surface area contributed by atoms with Crippen LogP contribution in [-0.2, 0) is 0 Å². The highest BCUT2D eigenvalue weighted by atomic mass is 19.1. The molecule has 1 heteroatoms. The van der Waals surface area contributed by atoms with Gasteiger partial charge in [-0.2, -0.15) is 0 Å². The second kappa shape index (κ2) is 3.10. The van der Waals surface area contributed by atoms with Crippen molar-refractivity contribution >= 4 is 6.08 Å². The molecule has 0 fully saturated rings. The van der Waals surface area contributed by atoms with Crippen LogP contribution in [0.3, 0.4) is 0 Å². The van der Waals surface area contributed by atoms with Crippen LogP contribution in [0.2, 0.25) is 0 Å². The van der Waals surface area contributed by atoms with E-state index in [4.69, 9.17) is 0 Å². The normalized spacial score (nSPS) is 19.6. The first-order valence-corrected chi connectivity index (χ1v) is 4.16. The monoisotopic (exact) mass is 161 g/mol. The molecule has 1 aromatic rings. The summed E-state index contributed by atoms with van der Waals surface area (Å²) < 4.78 is 12.1. The number of rotatable bonds is 2. The van der Waals surface area contributed by atoms with Crippen molar-refractivity contribution in [2.45, 2.75) is 12.3 Å². The van der Waals surface area contributed by atoms with Gasteiger partial charge in [-0.05, 0) is 23.6 Å². The third-order valence-electron chi connectivity index (χ3n) is 2.24. The van der Waals surface area contributed by atoms with Gasteiger partial charge in [0.1, 0.15) is 0 Å². The minimum Gasteiger partial charge on any atom is -0.251 e. The lowest BCUT2D eigenvalue weighted by Crippen LogP contribution is -1.93. The number of alkyl halides is 1. The highest BCUT2D eigenvalue weighted by Gasteiger charge is 2.15. The van der Waals surface area contributed by atoms with E-state index in [0.29, 0.717) is 6.42 Å². The summed E-state index contributed by atoms with van der Waals surface area (Å²) in [5, 5.41) is 0. The third-order valence-corrected chi connectivity index (χ3v) is 2.24. The van der Waals surface area contributed by atoms with Gasteiger partial charge in [0.15, 0.2) is 0 Å². The molecule has 0 N–H and O–H groups in total. The highest BCUT2D eigenvalue weighted by Crippen LogP contribution is 2.31. The minimum atomic E-state index is -0.247. The topological polar surface area (TPSA) is 0 Å². The van der Waals surface area contributed by atoms with E-state index in [9.17, 15) is 4.39 Å². The number of hydrogen-bond acceptors (Lipinski definition) is 0. The van der Waals surface area contributed by atoms with E-state index in [-0.39, 0.29) is 12.6 Å². The maximum Gasteiger partial charge on any atom is 0.0903 e. The molecule has 1 radical (unpaired) electrons. The van der Waals surface area contributed by atoms with Crippen molar-refractivity contribution in [3.63, 3.8) is 0 Å². The van der Waals surface area contributed by atoms with Gasteiger partial charge in [-0.15, -0.1) is 0 Å². The lowest BCUT2D eigenvalue weighted by molar-refractivity contribution is 0.460. The van der Waals surface area contributed by atoms with Gasteiger partial charge in [-0.3, -0.25) is 4.39 Å². The molecular weight excluding hydrogens is 151 g/mol. The van der Waals surface area contributed by atoms with Gasteiger partial charge in [0, 0.05) is 5.92 Å². The van der Waals surface area contributed by atoms with Gasteiger partial charge in [0.05, 0.1) is 6.67 Å². The molecular formula is C11H10F. The van der Waals surface area contributed by atoms with Crippen LogP contribution < -0.4 is 0 Å². The fourth-order valence-electron chi connectivity index (χ4n) is 1.62. The number of benzene rings is 1. The molecule has 0 spiro atoms. The Morgan fingerprint density at radius 1 is 1.50 bits per heavy atom. The van der Waals surface area contributed by atoms with Crippen LogP contribution in [0.25, 0.3) is 6.08 Å². The predicted octanol–water partition coefficient (Wildman–Crippen LogP) is 2.96. The van der Waals surface area contributed by atoms with Crippen molar-refractivity contribution in [3.8, 4) is 0 Å². The summed E-state index contributed by atoms with van der Waals surface area (Å²) in [6.07, 6.45) is 4.68. The van der Waals surface area contributed by atoms with Gasteiger partial charge < -0.3 is 0 Å². The number of halogens is 1. The molecule has 1 unspecified atom stereocenters. The molecule has 0 saturated heterocycles. The minimum absolute atomic E-state index is 0.247. The molecule has 0 bridgehead atoms. The smallest absolute Gasteiger partial charge is 0.0903 e. The summed E-state index contributed by atoms with van der Waals surface area (Å²) in [4.78, 5) is 0. The van der Waals surface area contributed by atoms with Gasteiger partial charge in [0.2, 0.25) is 0 Å². The lowest BCUT2D eigenvalue weighted by Gasteiger charge is -2.06. The van der Waals surface area contributed by atoms with Crippen LogP contribution in [0.1, 0.15) is 23.5 Å². The van der Waals surface area contributed by atoms with E-state index in [1.807, 2.05) is 24.3 Å². The summed E-state index contributed by atoms with van der Waals surface area (Å²) in [6, 6.07) is 9.02. The van der Waals surface area contributed by atoms with Crippen molar-refractivity contribution in [1.29, 1.82) is 0 Å². The van der Waals surface area contributed by atoms with Crippen molar-refractivity contribution in [2.24, 2.45) is 0 Å². The van der Waals surface area contributed by atoms with Crippen LogP contribution in [-0.4, -0.2) is 6.67 Å². The van der Waals surface area contributed by atoms with Crippen molar-refractivity contribution in [1.82, 2.24) is 0 Å². The zero-order valence-corrected chi connectivity index (χ0v) is 6.76. The Morgan fingerprint density at radius 2 is 2.42 bits per heavy atom.